The molecule has 4 heteroatoms. The van der Waals surface area contributed by atoms with Gasteiger partial charge >= 0.3 is 5.97 Å². The van der Waals surface area contributed by atoms with Gasteiger partial charge in [-0.15, -0.1) is 0 Å². The third kappa shape index (κ3) is 1.44. The highest BCUT2D eigenvalue weighted by Gasteiger charge is 2.28. The molecular formula is C10H10O4. The number of ether oxygens (including phenoxy) is 1. The van der Waals surface area contributed by atoms with Gasteiger partial charge in [0, 0.05) is 5.92 Å². The molecule has 0 saturated carbocycles. The summed E-state index contributed by atoms with van der Waals surface area (Å²) in [6.45, 7) is -0.142. The van der Waals surface area contributed by atoms with Crippen LogP contribution in [0.3, 0.4) is 0 Å². The molecule has 0 amide bonds. The van der Waals surface area contributed by atoms with E-state index in [1.54, 1.807) is 24.3 Å². The van der Waals surface area contributed by atoms with Crippen LogP contribution in [0, 0.1) is 5.92 Å². The summed E-state index contributed by atoms with van der Waals surface area (Å²) in [4.78, 5) is 10.7. The Labute approximate surface area is 80.8 Å². The largest absolute Gasteiger partial charge is 0.488 e. The second kappa shape index (κ2) is 3.31. The van der Waals surface area contributed by atoms with Gasteiger partial charge in [-0.3, -0.25) is 0 Å². The van der Waals surface area contributed by atoms with E-state index in [2.05, 4.69) is 0 Å². The minimum atomic E-state index is -0.958. The second-order valence-electron chi connectivity index (χ2n) is 3.24. The van der Waals surface area contributed by atoms with Crippen LogP contribution in [0.2, 0.25) is 0 Å². The molecule has 4 nitrogen and oxygen atoms in total. The molecule has 0 aromatic heterocycles. The zero-order valence-corrected chi connectivity index (χ0v) is 7.38. The Bertz CT molecular complexity index is 351. The quantitative estimate of drug-likeness (QED) is 0.670. The summed E-state index contributed by atoms with van der Waals surface area (Å²) in [6, 6.07) is 0. The summed E-state index contributed by atoms with van der Waals surface area (Å²) >= 11 is 0. The first-order valence-corrected chi connectivity index (χ1v) is 4.32. The van der Waals surface area contributed by atoms with Crippen LogP contribution in [0.1, 0.15) is 0 Å². The second-order valence-corrected chi connectivity index (χ2v) is 3.24. The van der Waals surface area contributed by atoms with Gasteiger partial charge < -0.3 is 14.9 Å². The fourth-order valence-corrected chi connectivity index (χ4v) is 1.59. The van der Waals surface area contributed by atoms with Crippen LogP contribution in [0.5, 0.6) is 0 Å². The molecule has 0 saturated heterocycles. The lowest BCUT2D eigenvalue weighted by Crippen LogP contribution is -2.18. The molecule has 0 aromatic carbocycles. The van der Waals surface area contributed by atoms with Crippen LogP contribution in [0.25, 0.3) is 0 Å². The maximum Gasteiger partial charge on any atom is 0.335 e. The van der Waals surface area contributed by atoms with Crippen molar-refractivity contribution in [1.82, 2.24) is 0 Å². The number of carboxylic acids is 1. The van der Waals surface area contributed by atoms with Crippen molar-refractivity contribution >= 4 is 5.97 Å². The topological polar surface area (TPSA) is 66.8 Å². The van der Waals surface area contributed by atoms with Crippen molar-refractivity contribution in [3.63, 3.8) is 0 Å². The number of aliphatic hydroxyl groups excluding tert-OH is 1. The predicted molar refractivity (Wildman–Crippen MR) is 48.4 cm³/mol. The van der Waals surface area contributed by atoms with Gasteiger partial charge in [-0.25, -0.2) is 4.79 Å². The molecule has 1 aliphatic heterocycles. The van der Waals surface area contributed by atoms with E-state index in [1.165, 1.54) is 0 Å². The van der Waals surface area contributed by atoms with Crippen molar-refractivity contribution in [1.29, 1.82) is 0 Å². The minimum absolute atomic E-state index is 0.0558. The molecule has 1 aliphatic carbocycles. The first kappa shape index (κ1) is 9.02. The summed E-state index contributed by atoms with van der Waals surface area (Å²) in [5, 5.41) is 17.6. The number of rotatable bonds is 2. The van der Waals surface area contributed by atoms with E-state index >= 15 is 0 Å². The van der Waals surface area contributed by atoms with Gasteiger partial charge in [-0.2, -0.15) is 0 Å². The summed E-state index contributed by atoms with van der Waals surface area (Å²) in [5.74, 6) is -0.395. The number of aliphatic hydroxyl groups is 1. The fraction of sp³-hybridized carbons (Fsp3) is 0.300. The molecular weight excluding hydrogens is 184 g/mol. The molecule has 0 radical (unpaired) electrons. The first-order valence-electron chi connectivity index (χ1n) is 4.32. The lowest BCUT2D eigenvalue weighted by atomic mass is 9.95. The average Bonchev–Trinajstić information content (AvgIpc) is 2.58. The molecule has 0 aromatic rings. The van der Waals surface area contributed by atoms with Crippen molar-refractivity contribution < 1.29 is 19.7 Å². The van der Waals surface area contributed by atoms with E-state index in [4.69, 9.17) is 14.9 Å². The van der Waals surface area contributed by atoms with Crippen LogP contribution in [0.15, 0.2) is 35.6 Å². The molecule has 2 atom stereocenters. The summed E-state index contributed by atoms with van der Waals surface area (Å²) in [7, 11) is 0. The highest BCUT2D eigenvalue weighted by molar-refractivity contribution is 5.90. The maximum atomic E-state index is 10.7. The highest BCUT2D eigenvalue weighted by atomic mass is 16.5. The third-order valence-electron chi connectivity index (χ3n) is 2.29. The molecule has 14 heavy (non-hydrogen) atoms. The van der Waals surface area contributed by atoms with Crippen molar-refractivity contribution in [3.8, 4) is 0 Å². The Kier molecular flexibility index (Phi) is 2.13. The van der Waals surface area contributed by atoms with E-state index in [9.17, 15) is 4.79 Å². The van der Waals surface area contributed by atoms with Crippen molar-refractivity contribution in [2.75, 3.05) is 6.61 Å². The van der Waals surface area contributed by atoms with Gasteiger partial charge in [-0.05, 0) is 12.2 Å². The van der Waals surface area contributed by atoms with Crippen molar-refractivity contribution in [2.24, 2.45) is 5.92 Å². The van der Waals surface area contributed by atoms with E-state index in [1.807, 2.05) is 0 Å². The lowest BCUT2D eigenvalue weighted by molar-refractivity contribution is -0.132. The number of hydrogen-bond acceptors (Lipinski definition) is 3. The summed E-state index contributed by atoms with van der Waals surface area (Å²) < 4.78 is 5.32. The monoisotopic (exact) mass is 194 g/mol. The van der Waals surface area contributed by atoms with Crippen LogP contribution < -0.4 is 0 Å². The number of fused-ring (bicyclic) bond motifs is 1. The Morgan fingerprint density at radius 2 is 2.29 bits per heavy atom. The van der Waals surface area contributed by atoms with Gasteiger partial charge in [0.1, 0.15) is 18.5 Å². The van der Waals surface area contributed by atoms with E-state index in [0.717, 1.165) is 0 Å². The maximum absolute atomic E-state index is 10.7. The smallest absolute Gasteiger partial charge is 0.335 e. The summed E-state index contributed by atoms with van der Waals surface area (Å²) in [6.07, 6.45) is 6.43. The number of carbonyl (C=O) groups is 1. The summed E-state index contributed by atoms with van der Waals surface area (Å²) in [5.41, 5.74) is 0.235. The standard InChI is InChI=1S/C10H10O4/c11-5-8-3-6-1-2-7(10(12)13)4-9(6)14-8/h1-4,6,9,11H,5H2,(H,12,13). The molecule has 1 heterocycles. The molecule has 0 spiro atoms. The van der Waals surface area contributed by atoms with Crippen molar-refractivity contribution in [3.05, 3.63) is 35.6 Å². The average molecular weight is 194 g/mol. The SMILES string of the molecule is O=C(O)C1=CC2OC(CO)=CC2C=C1. The van der Waals surface area contributed by atoms with E-state index < -0.39 is 5.97 Å². The van der Waals surface area contributed by atoms with Crippen molar-refractivity contribution in [2.45, 2.75) is 6.10 Å². The van der Waals surface area contributed by atoms with Crippen LogP contribution in [-0.4, -0.2) is 28.9 Å². The number of carboxylic acid groups (broad SMARTS) is 1. The van der Waals surface area contributed by atoms with Crippen LogP contribution >= 0.6 is 0 Å². The first-order chi connectivity index (χ1) is 6.70. The molecule has 74 valence electrons. The van der Waals surface area contributed by atoms with Gasteiger partial charge in [-0.1, -0.05) is 12.2 Å². The molecule has 0 bridgehead atoms. The van der Waals surface area contributed by atoms with Gasteiger partial charge in [0.05, 0.1) is 5.57 Å². The predicted octanol–water partition coefficient (Wildman–Crippen LogP) is 0.458. The van der Waals surface area contributed by atoms with E-state index in [0.29, 0.717) is 5.76 Å². The molecule has 2 N–H and O–H groups in total. The van der Waals surface area contributed by atoms with Gasteiger partial charge in [0.25, 0.3) is 0 Å². The Balaban J connectivity index is 2.18. The zero-order valence-electron chi connectivity index (χ0n) is 7.38. The molecule has 2 unspecified atom stereocenters. The van der Waals surface area contributed by atoms with Crippen LogP contribution in [0.4, 0.5) is 0 Å². The van der Waals surface area contributed by atoms with Gasteiger partial charge in [0.2, 0.25) is 0 Å². The zero-order chi connectivity index (χ0) is 10.1. The fourth-order valence-electron chi connectivity index (χ4n) is 1.59. The third-order valence-corrected chi connectivity index (χ3v) is 2.29. The van der Waals surface area contributed by atoms with Crippen LogP contribution in [-0.2, 0) is 9.53 Å². The highest BCUT2D eigenvalue weighted by Crippen LogP contribution is 2.29. The Hall–Kier alpha value is -1.55. The minimum Gasteiger partial charge on any atom is -0.488 e. The van der Waals surface area contributed by atoms with E-state index in [-0.39, 0.29) is 24.2 Å². The Morgan fingerprint density at radius 3 is 2.93 bits per heavy atom. The Morgan fingerprint density at radius 1 is 1.50 bits per heavy atom. The molecule has 2 aliphatic rings. The molecule has 2 rings (SSSR count). The number of aliphatic carboxylic acids is 1. The number of hydrogen-bond donors (Lipinski definition) is 2. The molecule has 0 fully saturated rings. The van der Waals surface area contributed by atoms with Gasteiger partial charge in [0.15, 0.2) is 0 Å². The lowest BCUT2D eigenvalue weighted by Gasteiger charge is -2.16. The normalized spacial score (nSPS) is 28.9.